The van der Waals surface area contributed by atoms with Crippen molar-refractivity contribution in [2.75, 3.05) is 0 Å². The molecule has 0 aromatic rings. The molecule has 2 heteroatoms. The number of hydrogen-bond acceptors (Lipinski definition) is 2. The van der Waals surface area contributed by atoms with Gasteiger partial charge in [0, 0.05) is 0 Å². The van der Waals surface area contributed by atoms with Gasteiger partial charge in [-0.1, -0.05) is 52.4 Å². The minimum absolute atomic E-state index is 0.0958. The summed E-state index contributed by atoms with van der Waals surface area (Å²) >= 11 is 0. The van der Waals surface area contributed by atoms with Crippen molar-refractivity contribution in [3.8, 4) is 0 Å². The van der Waals surface area contributed by atoms with Gasteiger partial charge in [-0.2, -0.15) is 0 Å². The zero-order chi connectivity index (χ0) is 13.7. The first kappa shape index (κ1) is 19.3. The summed E-state index contributed by atoms with van der Waals surface area (Å²) in [6.45, 7) is 9.91. The molecule has 0 heterocycles. The molecule has 0 aliphatic heterocycles. The molecule has 0 aliphatic carbocycles. The molecule has 0 saturated carbocycles. The maximum atomic E-state index is 9.24. The van der Waals surface area contributed by atoms with Crippen LogP contribution in [0.25, 0.3) is 0 Å². The summed E-state index contributed by atoms with van der Waals surface area (Å²) in [5.41, 5.74) is -0.449. The third-order valence-corrected chi connectivity index (χ3v) is 2.62. The summed E-state index contributed by atoms with van der Waals surface area (Å²) in [5, 5.41) is 18.0. The van der Waals surface area contributed by atoms with Crippen LogP contribution in [0.4, 0.5) is 0 Å². The van der Waals surface area contributed by atoms with Crippen LogP contribution in [-0.4, -0.2) is 21.9 Å². The molecule has 0 rings (SSSR count). The van der Waals surface area contributed by atoms with E-state index in [2.05, 4.69) is 13.8 Å². The van der Waals surface area contributed by atoms with Crippen LogP contribution in [0.5, 0.6) is 0 Å². The van der Waals surface area contributed by atoms with Crippen molar-refractivity contribution >= 4 is 0 Å². The average molecular weight is 246 g/mol. The van der Waals surface area contributed by atoms with Crippen LogP contribution in [0.2, 0.25) is 0 Å². The van der Waals surface area contributed by atoms with E-state index < -0.39 is 5.60 Å². The van der Waals surface area contributed by atoms with Gasteiger partial charge in [-0.15, -0.1) is 0 Å². The highest BCUT2D eigenvalue weighted by atomic mass is 16.3. The summed E-state index contributed by atoms with van der Waals surface area (Å²) < 4.78 is 0. The second kappa shape index (κ2) is 12.4. The topological polar surface area (TPSA) is 40.5 Å². The molecule has 1 atom stereocenters. The van der Waals surface area contributed by atoms with Crippen molar-refractivity contribution in [3.05, 3.63) is 0 Å². The van der Waals surface area contributed by atoms with Crippen LogP contribution in [0.15, 0.2) is 0 Å². The van der Waals surface area contributed by atoms with E-state index in [1.165, 1.54) is 32.1 Å². The fraction of sp³-hybridized carbons (Fsp3) is 1.00. The third kappa shape index (κ3) is 25.9. The zero-order valence-corrected chi connectivity index (χ0v) is 12.6. The molecule has 0 aromatic heterocycles. The lowest BCUT2D eigenvalue weighted by Crippen LogP contribution is -2.17. The highest BCUT2D eigenvalue weighted by molar-refractivity contribution is 4.63. The molecule has 0 aromatic carbocycles. The first-order valence-electron chi connectivity index (χ1n) is 7.24. The summed E-state index contributed by atoms with van der Waals surface area (Å²) in [7, 11) is 0. The van der Waals surface area contributed by atoms with E-state index in [1.807, 2.05) is 20.8 Å². The van der Waals surface area contributed by atoms with Crippen LogP contribution >= 0.6 is 0 Å². The molecule has 0 fully saturated rings. The lowest BCUT2D eigenvalue weighted by atomic mass is 10.0. The normalized spacial score (nSPS) is 12.9. The Morgan fingerprint density at radius 2 is 1.41 bits per heavy atom. The predicted octanol–water partition coefficient (Wildman–Crippen LogP) is 4.29. The molecule has 2 N–H and O–H groups in total. The van der Waals surface area contributed by atoms with Crippen molar-refractivity contribution in [1.82, 2.24) is 0 Å². The Bertz CT molecular complexity index is 136. The second-order valence-corrected chi connectivity index (χ2v) is 5.61. The Hall–Kier alpha value is -0.0800. The van der Waals surface area contributed by atoms with Crippen molar-refractivity contribution < 1.29 is 10.2 Å². The van der Waals surface area contributed by atoms with Gasteiger partial charge in [0.25, 0.3) is 0 Å². The van der Waals surface area contributed by atoms with E-state index in [0.717, 1.165) is 19.3 Å². The van der Waals surface area contributed by atoms with Gasteiger partial charge in [0.15, 0.2) is 0 Å². The second-order valence-electron chi connectivity index (χ2n) is 5.61. The number of rotatable bonds is 8. The Morgan fingerprint density at radius 1 is 0.941 bits per heavy atom. The Balaban J connectivity index is 0. The van der Waals surface area contributed by atoms with Gasteiger partial charge in [-0.05, 0) is 33.6 Å². The molecule has 0 bridgehead atoms. The SMILES string of the molecule is CCCCCC(C)(C)O.CCCCCC(C)O. The van der Waals surface area contributed by atoms with Crippen molar-refractivity contribution in [1.29, 1.82) is 0 Å². The minimum atomic E-state index is -0.449. The maximum Gasteiger partial charge on any atom is 0.0591 e. The van der Waals surface area contributed by atoms with Gasteiger partial charge in [0.2, 0.25) is 0 Å². The van der Waals surface area contributed by atoms with Crippen molar-refractivity contribution in [2.24, 2.45) is 0 Å². The largest absolute Gasteiger partial charge is 0.393 e. The van der Waals surface area contributed by atoms with Gasteiger partial charge < -0.3 is 10.2 Å². The highest BCUT2D eigenvalue weighted by Gasteiger charge is 2.10. The highest BCUT2D eigenvalue weighted by Crippen LogP contribution is 2.12. The smallest absolute Gasteiger partial charge is 0.0591 e. The monoisotopic (exact) mass is 246 g/mol. The lowest BCUT2D eigenvalue weighted by molar-refractivity contribution is 0.0682. The minimum Gasteiger partial charge on any atom is -0.393 e. The molecule has 0 radical (unpaired) electrons. The van der Waals surface area contributed by atoms with E-state index in [4.69, 9.17) is 5.11 Å². The fourth-order valence-electron chi connectivity index (χ4n) is 1.50. The van der Waals surface area contributed by atoms with E-state index in [-0.39, 0.29) is 6.10 Å². The molecule has 0 spiro atoms. The quantitative estimate of drug-likeness (QED) is 0.627. The Morgan fingerprint density at radius 3 is 1.76 bits per heavy atom. The molecule has 1 unspecified atom stereocenters. The van der Waals surface area contributed by atoms with E-state index >= 15 is 0 Å². The fourth-order valence-corrected chi connectivity index (χ4v) is 1.50. The molecular weight excluding hydrogens is 212 g/mol. The molecule has 0 aliphatic rings. The van der Waals surface area contributed by atoms with Gasteiger partial charge in [-0.25, -0.2) is 0 Å². The van der Waals surface area contributed by atoms with Crippen LogP contribution < -0.4 is 0 Å². The molecule has 106 valence electrons. The van der Waals surface area contributed by atoms with E-state index in [9.17, 15) is 5.11 Å². The van der Waals surface area contributed by atoms with E-state index in [0.29, 0.717) is 0 Å². The molecular formula is C15H34O2. The first-order chi connectivity index (χ1) is 7.83. The Kier molecular flexibility index (Phi) is 14.0. The van der Waals surface area contributed by atoms with Crippen molar-refractivity contribution in [3.63, 3.8) is 0 Å². The van der Waals surface area contributed by atoms with Crippen molar-refractivity contribution in [2.45, 2.75) is 97.7 Å². The third-order valence-electron chi connectivity index (χ3n) is 2.62. The predicted molar refractivity (Wildman–Crippen MR) is 76.3 cm³/mol. The van der Waals surface area contributed by atoms with Gasteiger partial charge in [-0.3, -0.25) is 0 Å². The molecule has 0 saturated heterocycles. The summed E-state index contributed by atoms with van der Waals surface area (Å²) in [5.74, 6) is 0. The summed E-state index contributed by atoms with van der Waals surface area (Å²) in [6.07, 6.45) is 9.10. The van der Waals surface area contributed by atoms with Crippen LogP contribution in [0.3, 0.4) is 0 Å². The number of hydrogen-bond donors (Lipinski definition) is 2. The standard InChI is InChI=1S/C8H18O.C7H16O/c1-4-5-6-7-8(2,3)9;1-3-4-5-6-7(2)8/h9H,4-7H2,1-3H3;7-8H,3-6H2,1-2H3. The molecule has 17 heavy (non-hydrogen) atoms. The average Bonchev–Trinajstić information content (AvgIpc) is 2.17. The van der Waals surface area contributed by atoms with Crippen LogP contribution in [0.1, 0.15) is 86.0 Å². The Labute approximate surface area is 108 Å². The number of aliphatic hydroxyl groups excluding tert-OH is 1. The molecule has 0 amide bonds. The first-order valence-corrected chi connectivity index (χ1v) is 7.24. The van der Waals surface area contributed by atoms with Crippen LogP contribution in [0, 0.1) is 0 Å². The van der Waals surface area contributed by atoms with Gasteiger partial charge in [0.1, 0.15) is 0 Å². The number of unbranched alkanes of at least 4 members (excludes halogenated alkanes) is 4. The summed E-state index contributed by atoms with van der Waals surface area (Å²) in [4.78, 5) is 0. The van der Waals surface area contributed by atoms with Gasteiger partial charge in [0.05, 0.1) is 11.7 Å². The summed E-state index contributed by atoms with van der Waals surface area (Å²) in [6, 6.07) is 0. The van der Waals surface area contributed by atoms with Crippen LogP contribution in [-0.2, 0) is 0 Å². The maximum absolute atomic E-state index is 9.24. The lowest BCUT2D eigenvalue weighted by Gasteiger charge is -2.15. The van der Waals surface area contributed by atoms with E-state index in [1.54, 1.807) is 0 Å². The van der Waals surface area contributed by atoms with Gasteiger partial charge >= 0.3 is 0 Å². The molecule has 2 nitrogen and oxygen atoms in total. The zero-order valence-electron chi connectivity index (χ0n) is 12.6. The number of aliphatic hydroxyl groups is 2.